The number of hydrogen-bond donors (Lipinski definition) is 2. The highest BCUT2D eigenvalue weighted by Gasteiger charge is 1.92. The van der Waals surface area contributed by atoms with Gasteiger partial charge in [-0.05, 0) is 18.6 Å². The highest BCUT2D eigenvalue weighted by molar-refractivity contribution is 5.20. The molecule has 2 N–H and O–H groups in total. The van der Waals surface area contributed by atoms with Gasteiger partial charge in [-0.1, -0.05) is 44.4 Å². The normalized spacial score (nSPS) is 9.75. The molecule has 0 bridgehead atoms. The van der Waals surface area contributed by atoms with Crippen molar-refractivity contribution in [1.29, 1.82) is 0 Å². The molecule has 116 valence electrons. The minimum absolute atomic E-state index is 0.125. The topological polar surface area (TPSA) is 58.9 Å². The molecular formula is C16H28O4. The van der Waals surface area contributed by atoms with Gasteiger partial charge in [-0.3, -0.25) is 0 Å². The summed E-state index contributed by atoms with van der Waals surface area (Å²) in [6.45, 7) is 4.14. The van der Waals surface area contributed by atoms with Crippen molar-refractivity contribution >= 4 is 0 Å². The van der Waals surface area contributed by atoms with Crippen LogP contribution in [0.3, 0.4) is 0 Å². The van der Waals surface area contributed by atoms with Crippen molar-refractivity contribution in [3.63, 3.8) is 0 Å². The van der Waals surface area contributed by atoms with Crippen molar-refractivity contribution in [1.82, 2.24) is 0 Å². The molecule has 0 unspecified atom stereocenters. The summed E-state index contributed by atoms with van der Waals surface area (Å²) >= 11 is 0. The summed E-state index contributed by atoms with van der Waals surface area (Å²) in [4.78, 5) is 0. The van der Waals surface area contributed by atoms with E-state index in [0.29, 0.717) is 13.2 Å². The summed E-state index contributed by atoms with van der Waals surface area (Å²) in [6.07, 6.45) is 5.02. The van der Waals surface area contributed by atoms with Crippen molar-refractivity contribution in [3.8, 4) is 5.75 Å². The second kappa shape index (κ2) is 16.0. The average Bonchev–Trinajstić information content (AvgIpc) is 2.51. The smallest absolute Gasteiger partial charge is 0.119 e. The molecule has 0 aliphatic heterocycles. The van der Waals surface area contributed by atoms with Crippen LogP contribution in [0.1, 0.15) is 32.6 Å². The number of ether oxygens (including phenoxy) is 2. The summed E-state index contributed by atoms with van der Waals surface area (Å²) in [5, 5.41) is 15.2. The van der Waals surface area contributed by atoms with Crippen molar-refractivity contribution in [2.75, 3.05) is 33.0 Å². The van der Waals surface area contributed by atoms with Gasteiger partial charge in [-0.15, -0.1) is 0 Å². The maximum atomic E-state index is 7.62. The maximum absolute atomic E-state index is 7.62. The zero-order valence-corrected chi connectivity index (χ0v) is 12.5. The standard InChI is InChI=1S/C14H22O2.C2H6O2/c1-2-3-4-8-11-15-12-13-16-14-9-6-5-7-10-14;3-1-2-4/h5-7,9-10H,2-4,8,11-13H2,1H3;3-4H,1-2H2. The molecule has 0 heterocycles. The van der Waals surface area contributed by atoms with Gasteiger partial charge in [0.2, 0.25) is 0 Å². The summed E-state index contributed by atoms with van der Waals surface area (Å²) in [7, 11) is 0. The summed E-state index contributed by atoms with van der Waals surface area (Å²) in [5.41, 5.74) is 0. The Morgan fingerprint density at radius 3 is 2.15 bits per heavy atom. The Hall–Kier alpha value is -1.10. The number of aliphatic hydroxyl groups excluding tert-OH is 2. The fourth-order valence-corrected chi connectivity index (χ4v) is 1.47. The number of rotatable bonds is 10. The second-order valence-corrected chi connectivity index (χ2v) is 4.28. The Labute approximate surface area is 122 Å². The minimum Gasteiger partial charge on any atom is -0.491 e. The number of hydrogen-bond acceptors (Lipinski definition) is 4. The number of aliphatic hydroxyl groups is 2. The van der Waals surface area contributed by atoms with Gasteiger partial charge in [-0.2, -0.15) is 0 Å². The van der Waals surface area contributed by atoms with Crippen LogP contribution >= 0.6 is 0 Å². The van der Waals surface area contributed by atoms with Crippen LogP contribution in [-0.4, -0.2) is 43.2 Å². The lowest BCUT2D eigenvalue weighted by atomic mass is 10.2. The van der Waals surface area contributed by atoms with E-state index in [-0.39, 0.29) is 13.2 Å². The van der Waals surface area contributed by atoms with Crippen molar-refractivity contribution < 1.29 is 19.7 Å². The molecule has 0 spiro atoms. The van der Waals surface area contributed by atoms with E-state index in [1.807, 2.05) is 30.3 Å². The fraction of sp³-hybridized carbons (Fsp3) is 0.625. The predicted molar refractivity (Wildman–Crippen MR) is 81.1 cm³/mol. The Balaban J connectivity index is 0.000000796. The van der Waals surface area contributed by atoms with E-state index >= 15 is 0 Å². The Morgan fingerprint density at radius 1 is 0.850 bits per heavy atom. The zero-order valence-electron chi connectivity index (χ0n) is 12.5. The van der Waals surface area contributed by atoms with Crippen LogP contribution in [0.2, 0.25) is 0 Å². The van der Waals surface area contributed by atoms with Gasteiger partial charge in [0.1, 0.15) is 12.4 Å². The van der Waals surface area contributed by atoms with Crippen LogP contribution in [0.25, 0.3) is 0 Å². The number of benzene rings is 1. The molecule has 0 saturated carbocycles. The highest BCUT2D eigenvalue weighted by atomic mass is 16.5. The van der Waals surface area contributed by atoms with Gasteiger partial charge in [-0.25, -0.2) is 0 Å². The lowest BCUT2D eigenvalue weighted by molar-refractivity contribution is 0.0971. The molecule has 4 nitrogen and oxygen atoms in total. The first kappa shape index (κ1) is 18.9. The second-order valence-electron chi connectivity index (χ2n) is 4.28. The van der Waals surface area contributed by atoms with Gasteiger partial charge >= 0.3 is 0 Å². The van der Waals surface area contributed by atoms with Gasteiger partial charge in [0.15, 0.2) is 0 Å². The van der Waals surface area contributed by atoms with Gasteiger partial charge in [0, 0.05) is 6.61 Å². The van der Waals surface area contributed by atoms with Crippen LogP contribution in [0, 0.1) is 0 Å². The quantitative estimate of drug-likeness (QED) is 0.648. The molecule has 1 aromatic rings. The van der Waals surface area contributed by atoms with Gasteiger partial charge in [0.05, 0.1) is 19.8 Å². The molecule has 0 saturated heterocycles. The molecule has 0 atom stereocenters. The van der Waals surface area contributed by atoms with Crippen LogP contribution in [0.5, 0.6) is 5.75 Å². The van der Waals surface area contributed by atoms with E-state index in [9.17, 15) is 0 Å². The first-order valence-corrected chi connectivity index (χ1v) is 7.32. The third-order valence-corrected chi connectivity index (χ3v) is 2.48. The maximum Gasteiger partial charge on any atom is 0.119 e. The molecule has 1 aromatic carbocycles. The lowest BCUT2D eigenvalue weighted by Crippen LogP contribution is -2.07. The molecule has 0 aliphatic rings. The van der Waals surface area contributed by atoms with Crippen molar-refractivity contribution in [3.05, 3.63) is 30.3 Å². The highest BCUT2D eigenvalue weighted by Crippen LogP contribution is 2.07. The van der Waals surface area contributed by atoms with Crippen LogP contribution in [0.4, 0.5) is 0 Å². The molecule has 0 aromatic heterocycles. The van der Waals surface area contributed by atoms with E-state index in [4.69, 9.17) is 19.7 Å². The number of para-hydroxylation sites is 1. The van der Waals surface area contributed by atoms with Gasteiger partial charge < -0.3 is 19.7 Å². The van der Waals surface area contributed by atoms with Crippen molar-refractivity contribution in [2.24, 2.45) is 0 Å². The van der Waals surface area contributed by atoms with E-state index in [0.717, 1.165) is 12.4 Å². The molecule has 0 fully saturated rings. The van der Waals surface area contributed by atoms with E-state index in [2.05, 4.69) is 6.92 Å². The molecular weight excluding hydrogens is 256 g/mol. The predicted octanol–water partition coefficient (Wildman–Crippen LogP) is 2.63. The average molecular weight is 284 g/mol. The first-order chi connectivity index (χ1) is 9.85. The first-order valence-electron chi connectivity index (χ1n) is 7.32. The largest absolute Gasteiger partial charge is 0.491 e. The molecule has 1 rings (SSSR count). The number of unbranched alkanes of at least 4 members (excludes halogenated alkanes) is 3. The Bertz CT molecular complexity index is 275. The zero-order chi connectivity index (χ0) is 14.9. The van der Waals surface area contributed by atoms with E-state index in [1.165, 1.54) is 25.7 Å². The minimum atomic E-state index is -0.125. The molecule has 4 heteroatoms. The Kier molecular flexibility index (Phi) is 15.1. The Morgan fingerprint density at radius 2 is 1.55 bits per heavy atom. The summed E-state index contributed by atoms with van der Waals surface area (Å²) < 4.78 is 11.0. The lowest BCUT2D eigenvalue weighted by Gasteiger charge is -2.06. The summed E-state index contributed by atoms with van der Waals surface area (Å²) in [5.74, 6) is 0.914. The molecule has 0 amide bonds. The molecule has 0 radical (unpaired) electrons. The summed E-state index contributed by atoms with van der Waals surface area (Å²) in [6, 6.07) is 9.85. The van der Waals surface area contributed by atoms with Crippen LogP contribution in [0.15, 0.2) is 30.3 Å². The van der Waals surface area contributed by atoms with Gasteiger partial charge in [0.25, 0.3) is 0 Å². The third-order valence-electron chi connectivity index (χ3n) is 2.48. The van der Waals surface area contributed by atoms with Crippen LogP contribution < -0.4 is 4.74 Å². The van der Waals surface area contributed by atoms with Crippen molar-refractivity contribution in [2.45, 2.75) is 32.6 Å². The monoisotopic (exact) mass is 284 g/mol. The molecule has 0 aliphatic carbocycles. The SMILES string of the molecule is CCCCCCOCCOc1ccccc1.OCCO. The molecule has 20 heavy (non-hydrogen) atoms. The van der Waals surface area contributed by atoms with Crippen LogP contribution in [-0.2, 0) is 4.74 Å². The fourth-order valence-electron chi connectivity index (χ4n) is 1.47. The third kappa shape index (κ3) is 13.3. The van der Waals surface area contributed by atoms with E-state index < -0.39 is 0 Å². The van der Waals surface area contributed by atoms with E-state index in [1.54, 1.807) is 0 Å².